The van der Waals surface area contributed by atoms with Crippen LogP contribution in [0.15, 0.2) is 77.7 Å². The number of amides is 2. The van der Waals surface area contributed by atoms with E-state index in [0.717, 1.165) is 17.1 Å². The number of sulfonamides is 1. The van der Waals surface area contributed by atoms with Crippen molar-refractivity contribution in [1.29, 1.82) is 0 Å². The average Bonchev–Trinajstić information content (AvgIpc) is 2.94. The first-order valence-electron chi connectivity index (χ1n) is 12.9. The number of hydrogen-bond acceptors (Lipinski definition) is 4. The lowest BCUT2D eigenvalue weighted by molar-refractivity contribution is -0.140. The fourth-order valence-corrected chi connectivity index (χ4v) is 6.04. The molecule has 0 aromatic heterocycles. The Kier molecular flexibility index (Phi) is 11.7. The zero-order valence-corrected chi connectivity index (χ0v) is 25.4. The number of benzene rings is 3. The number of carbonyl (C=O) groups is 2. The minimum absolute atomic E-state index is 0.00382. The summed E-state index contributed by atoms with van der Waals surface area (Å²) in [7, 11) is -4.21. The largest absolute Gasteiger partial charge is 0.354 e. The summed E-state index contributed by atoms with van der Waals surface area (Å²) >= 11 is 18.7. The van der Waals surface area contributed by atoms with Crippen molar-refractivity contribution in [3.8, 4) is 0 Å². The summed E-state index contributed by atoms with van der Waals surface area (Å²) in [5.74, 6) is -0.897. The fraction of sp³-hybridized carbons (Fsp3) is 0.310. The molecule has 1 N–H and O–H groups in total. The van der Waals surface area contributed by atoms with E-state index < -0.39 is 28.5 Å². The molecule has 0 saturated carbocycles. The number of hydrogen-bond donors (Lipinski definition) is 1. The zero-order valence-electron chi connectivity index (χ0n) is 22.3. The van der Waals surface area contributed by atoms with Crippen LogP contribution in [-0.4, -0.2) is 44.3 Å². The monoisotopic (exact) mass is 623 g/mol. The predicted octanol–water partition coefficient (Wildman–Crippen LogP) is 6.57. The number of halogens is 3. The SMILES string of the molecule is CCCCNC(=O)[C@@H](CC)N(Cc1ccccc1Cl)C(=O)CN(c1ccc(Cl)c(Cl)c1)S(=O)(=O)c1ccccc1. The van der Waals surface area contributed by atoms with Crippen molar-refractivity contribution in [3.63, 3.8) is 0 Å². The fourth-order valence-electron chi connectivity index (χ4n) is 4.12. The van der Waals surface area contributed by atoms with Gasteiger partial charge in [-0.1, -0.05) is 91.5 Å². The Morgan fingerprint density at radius 1 is 0.875 bits per heavy atom. The third-order valence-electron chi connectivity index (χ3n) is 6.32. The second-order valence-corrected chi connectivity index (χ2v) is 12.2. The molecule has 0 heterocycles. The van der Waals surface area contributed by atoms with Crippen LogP contribution in [0, 0.1) is 0 Å². The van der Waals surface area contributed by atoms with Gasteiger partial charge in [-0.25, -0.2) is 8.42 Å². The van der Waals surface area contributed by atoms with Gasteiger partial charge in [-0.3, -0.25) is 13.9 Å². The molecule has 3 rings (SSSR count). The maximum absolute atomic E-state index is 14.0. The van der Waals surface area contributed by atoms with Gasteiger partial charge in [-0.2, -0.15) is 0 Å². The van der Waals surface area contributed by atoms with E-state index in [-0.39, 0.29) is 33.1 Å². The highest BCUT2D eigenvalue weighted by Gasteiger charge is 2.34. The molecule has 40 heavy (non-hydrogen) atoms. The van der Waals surface area contributed by atoms with Gasteiger partial charge in [0.2, 0.25) is 11.8 Å². The molecule has 1 atom stereocenters. The Morgan fingerprint density at radius 3 is 2.17 bits per heavy atom. The van der Waals surface area contributed by atoms with Gasteiger partial charge in [0.15, 0.2) is 0 Å². The van der Waals surface area contributed by atoms with E-state index in [4.69, 9.17) is 34.8 Å². The maximum Gasteiger partial charge on any atom is 0.264 e. The first kappa shape index (κ1) is 31.7. The summed E-state index contributed by atoms with van der Waals surface area (Å²) in [4.78, 5) is 28.6. The average molecular weight is 625 g/mol. The molecule has 0 aliphatic carbocycles. The van der Waals surface area contributed by atoms with Crippen LogP contribution in [0.4, 0.5) is 5.69 Å². The van der Waals surface area contributed by atoms with Crippen molar-refractivity contribution in [1.82, 2.24) is 10.2 Å². The number of unbranched alkanes of at least 4 members (excludes halogenated alkanes) is 1. The molecule has 7 nitrogen and oxygen atoms in total. The van der Waals surface area contributed by atoms with Crippen LogP contribution in [0.25, 0.3) is 0 Å². The summed E-state index contributed by atoms with van der Waals surface area (Å²) < 4.78 is 28.6. The van der Waals surface area contributed by atoms with Gasteiger partial charge >= 0.3 is 0 Å². The van der Waals surface area contributed by atoms with Crippen LogP contribution in [0.5, 0.6) is 0 Å². The van der Waals surface area contributed by atoms with E-state index in [9.17, 15) is 18.0 Å². The molecule has 3 aromatic rings. The molecule has 0 unspecified atom stereocenters. The molecule has 0 radical (unpaired) electrons. The maximum atomic E-state index is 14.0. The van der Waals surface area contributed by atoms with Gasteiger partial charge in [0.05, 0.1) is 20.6 Å². The van der Waals surface area contributed by atoms with Gasteiger partial charge in [0.1, 0.15) is 12.6 Å². The van der Waals surface area contributed by atoms with Crippen molar-refractivity contribution in [2.75, 3.05) is 17.4 Å². The van der Waals surface area contributed by atoms with E-state index in [1.165, 1.54) is 35.2 Å². The summed E-state index contributed by atoms with van der Waals surface area (Å²) in [5, 5.41) is 3.70. The minimum atomic E-state index is -4.21. The molecule has 214 valence electrons. The first-order valence-corrected chi connectivity index (χ1v) is 15.5. The van der Waals surface area contributed by atoms with E-state index >= 15 is 0 Å². The molecule has 0 aliphatic rings. The van der Waals surface area contributed by atoms with Crippen LogP contribution in [0.1, 0.15) is 38.7 Å². The highest BCUT2D eigenvalue weighted by atomic mass is 35.5. The summed E-state index contributed by atoms with van der Waals surface area (Å²) in [6.45, 7) is 3.71. The van der Waals surface area contributed by atoms with Crippen LogP contribution in [-0.2, 0) is 26.2 Å². The van der Waals surface area contributed by atoms with Crippen molar-refractivity contribution in [2.24, 2.45) is 0 Å². The Bertz CT molecular complexity index is 1420. The second-order valence-electron chi connectivity index (χ2n) is 9.10. The summed E-state index contributed by atoms with van der Waals surface area (Å²) in [6, 6.07) is 18.3. The molecule has 11 heteroatoms. The van der Waals surface area contributed by atoms with Gasteiger partial charge in [0, 0.05) is 18.1 Å². The van der Waals surface area contributed by atoms with Crippen molar-refractivity contribution < 1.29 is 18.0 Å². The van der Waals surface area contributed by atoms with Crippen LogP contribution in [0.3, 0.4) is 0 Å². The molecule has 0 bridgehead atoms. The lowest BCUT2D eigenvalue weighted by atomic mass is 10.1. The Hall–Kier alpha value is -2.78. The van der Waals surface area contributed by atoms with Crippen molar-refractivity contribution in [2.45, 2.75) is 50.6 Å². The number of nitrogens with zero attached hydrogens (tertiary/aromatic N) is 2. The van der Waals surface area contributed by atoms with E-state index in [1.807, 2.05) is 6.92 Å². The van der Waals surface area contributed by atoms with Crippen LogP contribution >= 0.6 is 34.8 Å². The summed E-state index contributed by atoms with van der Waals surface area (Å²) in [6.07, 6.45) is 2.00. The highest BCUT2D eigenvalue weighted by molar-refractivity contribution is 7.92. The van der Waals surface area contributed by atoms with E-state index in [0.29, 0.717) is 23.6 Å². The third-order valence-corrected chi connectivity index (χ3v) is 9.21. The molecule has 2 amide bonds. The molecule has 0 fully saturated rings. The number of nitrogens with one attached hydrogen (secondary N) is 1. The van der Waals surface area contributed by atoms with E-state index in [2.05, 4.69) is 5.32 Å². The molecule has 0 saturated heterocycles. The Labute approximate surface area is 251 Å². The third kappa shape index (κ3) is 7.91. The molecule has 3 aromatic carbocycles. The number of rotatable bonds is 13. The molecular weight excluding hydrogens is 593 g/mol. The van der Waals surface area contributed by atoms with Crippen LogP contribution < -0.4 is 9.62 Å². The quantitative estimate of drug-likeness (QED) is 0.218. The molecule has 0 aliphatic heterocycles. The van der Waals surface area contributed by atoms with Crippen molar-refractivity contribution >= 4 is 62.3 Å². The lowest BCUT2D eigenvalue weighted by Gasteiger charge is -2.33. The number of anilines is 1. The molecular formula is C29H32Cl3N3O4S. The molecule has 0 spiro atoms. The normalized spacial score (nSPS) is 12.0. The zero-order chi connectivity index (χ0) is 29.3. The second kappa shape index (κ2) is 14.7. The smallest absolute Gasteiger partial charge is 0.264 e. The van der Waals surface area contributed by atoms with Gasteiger partial charge in [0.25, 0.3) is 10.0 Å². The van der Waals surface area contributed by atoms with Gasteiger partial charge in [-0.15, -0.1) is 0 Å². The summed E-state index contributed by atoms with van der Waals surface area (Å²) in [5.41, 5.74) is 0.786. The lowest BCUT2D eigenvalue weighted by Crippen LogP contribution is -2.52. The van der Waals surface area contributed by atoms with Crippen LogP contribution in [0.2, 0.25) is 15.1 Å². The number of carbonyl (C=O) groups excluding carboxylic acids is 2. The van der Waals surface area contributed by atoms with Gasteiger partial charge < -0.3 is 10.2 Å². The standard InChI is InChI=1S/C29H32Cl3N3O4S/c1-3-5-17-33-29(37)27(4-2)34(19-21-11-9-10-14-24(21)30)28(36)20-35(22-15-16-25(31)26(32)18-22)40(38,39)23-12-7-6-8-13-23/h6-16,18,27H,3-5,17,19-20H2,1-2H3,(H,33,37)/t27-/m1/s1. The Balaban J connectivity index is 2.06. The van der Waals surface area contributed by atoms with Gasteiger partial charge in [-0.05, 0) is 54.8 Å². The topological polar surface area (TPSA) is 86.8 Å². The predicted molar refractivity (Wildman–Crippen MR) is 161 cm³/mol. The minimum Gasteiger partial charge on any atom is -0.354 e. The Morgan fingerprint density at radius 2 is 1.55 bits per heavy atom. The first-order chi connectivity index (χ1) is 19.1. The van der Waals surface area contributed by atoms with E-state index in [1.54, 1.807) is 49.4 Å². The highest BCUT2D eigenvalue weighted by Crippen LogP contribution is 2.31. The van der Waals surface area contributed by atoms with Crippen molar-refractivity contribution in [3.05, 3.63) is 93.4 Å².